The first-order chi connectivity index (χ1) is 16.8. The van der Waals surface area contributed by atoms with Gasteiger partial charge in [0.05, 0.1) is 28.0 Å². The Morgan fingerprint density at radius 1 is 0.706 bits per heavy atom. The average Bonchev–Trinajstić information content (AvgIpc) is 3.44. The van der Waals surface area contributed by atoms with Crippen LogP contribution < -0.4 is 0 Å². The van der Waals surface area contributed by atoms with Gasteiger partial charge in [-0.1, -0.05) is 60.7 Å². The Kier molecular flexibility index (Phi) is 3.88. The van der Waals surface area contributed by atoms with Gasteiger partial charge >= 0.3 is 0 Å². The third-order valence-electron chi connectivity index (χ3n) is 6.51. The predicted octanol–water partition coefficient (Wildman–Crippen LogP) is 7.62. The molecule has 7 rings (SSSR count). The molecule has 0 N–H and O–H groups in total. The lowest BCUT2D eigenvalue weighted by Gasteiger charge is -2.14. The molecule has 158 valence electrons. The number of rotatable bonds is 2. The Morgan fingerprint density at radius 2 is 1.47 bits per heavy atom. The summed E-state index contributed by atoms with van der Waals surface area (Å²) in [6.45, 7) is 0. The van der Waals surface area contributed by atoms with Gasteiger partial charge < -0.3 is 8.98 Å². The quantitative estimate of drug-likeness (QED) is 0.281. The predicted molar refractivity (Wildman–Crippen MR) is 136 cm³/mol. The molecule has 7 aromatic rings. The van der Waals surface area contributed by atoms with E-state index in [1.165, 1.54) is 0 Å². The lowest BCUT2D eigenvalue weighted by atomic mass is 10.0. The Balaban J connectivity index is 1.69. The minimum Gasteiger partial charge on any atom is -0.454 e. The van der Waals surface area contributed by atoms with Crippen molar-refractivity contribution >= 4 is 43.7 Å². The van der Waals surface area contributed by atoms with Crippen LogP contribution in [0.4, 0.5) is 0 Å². The summed E-state index contributed by atoms with van der Waals surface area (Å²) in [4.78, 5) is 4.59. The fourth-order valence-electron chi connectivity index (χ4n) is 5.06. The van der Waals surface area contributed by atoms with Gasteiger partial charge in [-0.15, -0.1) is 0 Å². The average molecular weight is 435 g/mol. The first-order valence-corrected chi connectivity index (χ1v) is 11.1. The third kappa shape index (κ3) is 2.49. The zero-order valence-electron chi connectivity index (χ0n) is 18.1. The van der Waals surface area contributed by atoms with Crippen LogP contribution in [-0.4, -0.2) is 9.55 Å². The summed E-state index contributed by atoms with van der Waals surface area (Å²) in [5, 5.41) is 14.2. The molecule has 4 heteroatoms. The van der Waals surface area contributed by atoms with Gasteiger partial charge in [-0.2, -0.15) is 5.26 Å². The van der Waals surface area contributed by atoms with Crippen molar-refractivity contribution in [1.29, 1.82) is 5.26 Å². The SMILES string of the molecule is N#Cc1cccnc1-c1ccccc1-n1c2ccccc2c2ccc3c4ccccc4oc3c21. The summed E-state index contributed by atoms with van der Waals surface area (Å²) < 4.78 is 8.71. The Bertz CT molecular complexity index is 1930. The highest BCUT2D eigenvalue weighted by Crippen LogP contribution is 2.41. The number of nitriles is 1. The Hall–Kier alpha value is -4.88. The third-order valence-corrected chi connectivity index (χ3v) is 6.51. The molecule has 34 heavy (non-hydrogen) atoms. The molecule has 0 aliphatic carbocycles. The van der Waals surface area contributed by atoms with Crippen molar-refractivity contribution in [2.75, 3.05) is 0 Å². The van der Waals surface area contributed by atoms with Crippen LogP contribution in [0.3, 0.4) is 0 Å². The molecular formula is C30H17N3O. The molecule has 0 amide bonds. The fraction of sp³-hybridized carbons (Fsp3) is 0. The summed E-state index contributed by atoms with van der Waals surface area (Å²) in [6.07, 6.45) is 1.73. The Labute approximate surface area is 194 Å². The van der Waals surface area contributed by atoms with E-state index in [1.807, 2.05) is 42.5 Å². The smallest absolute Gasteiger partial charge is 0.160 e. The molecule has 0 unspecified atom stereocenters. The molecule has 0 aliphatic heterocycles. The van der Waals surface area contributed by atoms with Gasteiger partial charge in [0.15, 0.2) is 5.58 Å². The van der Waals surface area contributed by atoms with Crippen molar-refractivity contribution in [3.63, 3.8) is 0 Å². The van der Waals surface area contributed by atoms with E-state index < -0.39 is 0 Å². The molecule has 3 heterocycles. The van der Waals surface area contributed by atoms with Crippen LogP contribution >= 0.6 is 0 Å². The van der Waals surface area contributed by atoms with Gasteiger partial charge in [0.2, 0.25) is 0 Å². The van der Waals surface area contributed by atoms with E-state index in [9.17, 15) is 5.26 Å². The van der Waals surface area contributed by atoms with E-state index in [2.05, 4.69) is 64.2 Å². The lowest BCUT2D eigenvalue weighted by molar-refractivity contribution is 0.671. The van der Waals surface area contributed by atoms with E-state index in [-0.39, 0.29) is 0 Å². The van der Waals surface area contributed by atoms with E-state index in [0.717, 1.165) is 55.0 Å². The highest BCUT2D eigenvalue weighted by atomic mass is 16.3. The van der Waals surface area contributed by atoms with Crippen LogP contribution in [-0.2, 0) is 0 Å². The van der Waals surface area contributed by atoms with Crippen molar-refractivity contribution in [3.05, 3.63) is 109 Å². The van der Waals surface area contributed by atoms with E-state index in [4.69, 9.17) is 4.42 Å². The summed E-state index contributed by atoms with van der Waals surface area (Å²) >= 11 is 0. The summed E-state index contributed by atoms with van der Waals surface area (Å²) in [5.74, 6) is 0. The van der Waals surface area contributed by atoms with Crippen LogP contribution in [0.1, 0.15) is 5.56 Å². The van der Waals surface area contributed by atoms with Crippen molar-refractivity contribution in [2.24, 2.45) is 0 Å². The maximum atomic E-state index is 9.75. The number of fused-ring (bicyclic) bond motifs is 7. The molecular weight excluding hydrogens is 418 g/mol. The molecule has 0 saturated carbocycles. The summed E-state index contributed by atoms with van der Waals surface area (Å²) in [6, 6.07) is 34.9. The lowest BCUT2D eigenvalue weighted by Crippen LogP contribution is -1.99. The van der Waals surface area contributed by atoms with E-state index >= 15 is 0 Å². The molecule has 4 aromatic carbocycles. The van der Waals surface area contributed by atoms with Crippen LogP contribution in [0.2, 0.25) is 0 Å². The second-order valence-electron chi connectivity index (χ2n) is 8.32. The fourth-order valence-corrected chi connectivity index (χ4v) is 5.06. The first kappa shape index (κ1) is 18.7. The summed E-state index contributed by atoms with van der Waals surface area (Å²) in [7, 11) is 0. The molecule has 3 aromatic heterocycles. The highest BCUT2D eigenvalue weighted by Gasteiger charge is 2.21. The second kappa shape index (κ2) is 7.06. The zero-order chi connectivity index (χ0) is 22.6. The number of para-hydroxylation sites is 3. The molecule has 0 aliphatic rings. The minimum absolute atomic E-state index is 0.546. The Morgan fingerprint density at radius 3 is 2.38 bits per heavy atom. The minimum atomic E-state index is 0.546. The first-order valence-electron chi connectivity index (χ1n) is 11.1. The van der Waals surface area contributed by atoms with Crippen LogP contribution in [0.5, 0.6) is 0 Å². The van der Waals surface area contributed by atoms with E-state index in [0.29, 0.717) is 11.3 Å². The zero-order valence-corrected chi connectivity index (χ0v) is 18.1. The van der Waals surface area contributed by atoms with Crippen molar-refractivity contribution < 1.29 is 4.42 Å². The molecule has 4 nitrogen and oxygen atoms in total. The van der Waals surface area contributed by atoms with Crippen molar-refractivity contribution in [1.82, 2.24) is 9.55 Å². The topological polar surface area (TPSA) is 54.8 Å². The largest absolute Gasteiger partial charge is 0.454 e. The van der Waals surface area contributed by atoms with Gasteiger partial charge in [-0.05, 0) is 36.4 Å². The number of pyridine rings is 1. The number of hydrogen-bond acceptors (Lipinski definition) is 3. The number of nitrogens with zero attached hydrogens (tertiary/aromatic N) is 3. The molecule has 0 spiro atoms. The molecule has 0 fully saturated rings. The second-order valence-corrected chi connectivity index (χ2v) is 8.32. The maximum Gasteiger partial charge on any atom is 0.160 e. The monoisotopic (exact) mass is 435 g/mol. The van der Waals surface area contributed by atoms with Gasteiger partial charge in [0.1, 0.15) is 11.7 Å². The number of aromatic nitrogens is 2. The standard InChI is InChI=1S/C30H17N3O/c31-18-19-8-7-17-32-28(19)24-11-2-5-13-26(24)33-25-12-4-1-9-20(25)22-15-16-23-21-10-3-6-14-27(21)34-30(23)29(22)33/h1-17H. The maximum absolute atomic E-state index is 9.75. The number of hydrogen-bond donors (Lipinski definition) is 0. The number of benzene rings is 4. The van der Waals surface area contributed by atoms with E-state index in [1.54, 1.807) is 12.3 Å². The molecule has 0 bridgehead atoms. The normalized spacial score (nSPS) is 11.5. The van der Waals surface area contributed by atoms with Gasteiger partial charge in [0.25, 0.3) is 0 Å². The summed E-state index contributed by atoms with van der Waals surface area (Å²) in [5.41, 5.74) is 6.88. The van der Waals surface area contributed by atoms with Gasteiger partial charge in [0, 0.05) is 33.3 Å². The van der Waals surface area contributed by atoms with Gasteiger partial charge in [-0.3, -0.25) is 4.98 Å². The van der Waals surface area contributed by atoms with Gasteiger partial charge in [-0.25, -0.2) is 0 Å². The molecule has 0 atom stereocenters. The molecule has 0 radical (unpaired) electrons. The number of furan rings is 1. The molecule has 0 saturated heterocycles. The van der Waals surface area contributed by atoms with Crippen molar-refractivity contribution in [2.45, 2.75) is 0 Å². The van der Waals surface area contributed by atoms with Crippen LogP contribution in [0.15, 0.2) is 108 Å². The van der Waals surface area contributed by atoms with Crippen LogP contribution in [0, 0.1) is 11.3 Å². The van der Waals surface area contributed by atoms with Crippen molar-refractivity contribution in [3.8, 4) is 23.0 Å². The highest BCUT2D eigenvalue weighted by molar-refractivity contribution is 6.21. The van der Waals surface area contributed by atoms with Crippen LogP contribution in [0.25, 0.3) is 60.7 Å².